The summed E-state index contributed by atoms with van der Waals surface area (Å²) in [7, 11) is -3.84. The minimum atomic E-state index is -3.84. The van der Waals surface area contributed by atoms with Crippen LogP contribution in [0.15, 0.2) is 35.2 Å². The van der Waals surface area contributed by atoms with Gasteiger partial charge < -0.3 is 5.73 Å². The molecule has 25 heavy (non-hydrogen) atoms. The van der Waals surface area contributed by atoms with Crippen LogP contribution < -0.4 is 5.73 Å². The molecule has 130 valence electrons. The van der Waals surface area contributed by atoms with Crippen molar-refractivity contribution < 1.29 is 13.2 Å². The molecule has 7 heteroatoms. The van der Waals surface area contributed by atoms with Crippen LogP contribution in [0, 0.1) is 27.7 Å². The summed E-state index contributed by atoms with van der Waals surface area (Å²) in [6.07, 6.45) is 0. The topological polar surface area (TPSA) is 95.1 Å². The van der Waals surface area contributed by atoms with Gasteiger partial charge in [-0.15, -0.1) is 0 Å². The summed E-state index contributed by atoms with van der Waals surface area (Å²) in [4.78, 5) is 16.3. The molecule has 2 aromatic carbocycles. The molecule has 3 aromatic rings. The molecule has 0 unspecified atom stereocenters. The first kappa shape index (κ1) is 17.2. The number of aryl methyl sites for hydroxylation is 3. The van der Waals surface area contributed by atoms with Gasteiger partial charge in [0, 0.05) is 5.56 Å². The zero-order chi connectivity index (χ0) is 18.5. The van der Waals surface area contributed by atoms with E-state index < -0.39 is 15.9 Å². The van der Waals surface area contributed by atoms with E-state index in [1.54, 1.807) is 45.0 Å². The number of nitrogens with zero attached hydrogens (tertiary/aromatic N) is 2. The molecule has 0 aliphatic heterocycles. The van der Waals surface area contributed by atoms with Crippen LogP contribution in [0.3, 0.4) is 0 Å². The van der Waals surface area contributed by atoms with Crippen molar-refractivity contribution in [1.82, 2.24) is 8.96 Å². The lowest BCUT2D eigenvalue weighted by Crippen LogP contribution is -2.16. The molecule has 0 saturated carbocycles. The van der Waals surface area contributed by atoms with Gasteiger partial charge in [-0.25, -0.2) is 17.4 Å². The van der Waals surface area contributed by atoms with Crippen molar-refractivity contribution in [2.75, 3.05) is 0 Å². The van der Waals surface area contributed by atoms with Gasteiger partial charge in [-0.3, -0.25) is 4.79 Å². The molecule has 0 bridgehead atoms. The first-order valence-electron chi connectivity index (χ1n) is 7.76. The number of hydrogen-bond donors (Lipinski definition) is 1. The molecule has 0 aliphatic rings. The summed E-state index contributed by atoms with van der Waals surface area (Å²) in [6.45, 7) is 7.10. The Hall–Kier alpha value is -2.67. The fourth-order valence-corrected chi connectivity index (χ4v) is 4.42. The van der Waals surface area contributed by atoms with E-state index in [-0.39, 0.29) is 4.90 Å². The molecule has 0 spiro atoms. The molecule has 1 aromatic heterocycles. The number of primary amides is 1. The number of benzene rings is 2. The first-order valence-corrected chi connectivity index (χ1v) is 9.20. The van der Waals surface area contributed by atoms with Crippen molar-refractivity contribution in [1.29, 1.82) is 0 Å². The van der Waals surface area contributed by atoms with Gasteiger partial charge in [-0.05, 0) is 57.0 Å². The fraction of sp³-hybridized carbons (Fsp3) is 0.222. The van der Waals surface area contributed by atoms with Gasteiger partial charge in [-0.2, -0.15) is 0 Å². The van der Waals surface area contributed by atoms with Gasteiger partial charge in [0.15, 0.2) is 0 Å². The minimum absolute atomic E-state index is 0.166. The van der Waals surface area contributed by atoms with Crippen LogP contribution in [-0.2, 0) is 10.0 Å². The lowest BCUT2D eigenvalue weighted by atomic mass is 10.0. The Kier molecular flexibility index (Phi) is 3.91. The van der Waals surface area contributed by atoms with Gasteiger partial charge in [0.2, 0.25) is 5.91 Å². The highest BCUT2D eigenvalue weighted by atomic mass is 32.2. The normalized spacial score (nSPS) is 11.8. The van der Waals surface area contributed by atoms with Crippen molar-refractivity contribution >= 4 is 27.0 Å². The van der Waals surface area contributed by atoms with Crippen molar-refractivity contribution in [2.24, 2.45) is 5.73 Å². The number of rotatable bonds is 3. The van der Waals surface area contributed by atoms with Gasteiger partial charge in [0.05, 0.1) is 15.9 Å². The Bertz CT molecular complexity index is 1110. The molecule has 2 N–H and O–H groups in total. The van der Waals surface area contributed by atoms with Crippen molar-refractivity contribution in [3.8, 4) is 0 Å². The summed E-state index contributed by atoms with van der Waals surface area (Å²) in [5, 5.41) is 0. The van der Waals surface area contributed by atoms with Gasteiger partial charge in [-0.1, -0.05) is 17.7 Å². The van der Waals surface area contributed by atoms with Gasteiger partial charge >= 0.3 is 0 Å². The highest BCUT2D eigenvalue weighted by Crippen LogP contribution is 2.29. The fourth-order valence-electron chi connectivity index (χ4n) is 2.94. The molecule has 0 atom stereocenters. The molecule has 1 heterocycles. The quantitative estimate of drug-likeness (QED) is 0.779. The van der Waals surface area contributed by atoms with Crippen molar-refractivity contribution in [3.63, 3.8) is 0 Å². The lowest BCUT2D eigenvalue weighted by Gasteiger charge is -2.11. The molecule has 0 radical (unpaired) electrons. The third-order valence-electron chi connectivity index (χ3n) is 4.46. The maximum atomic E-state index is 13.1. The second kappa shape index (κ2) is 5.70. The third kappa shape index (κ3) is 2.60. The lowest BCUT2D eigenvalue weighted by molar-refractivity contribution is 0.0999. The number of hydrogen-bond acceptors (Lipinski definition) is 4. The van der Waals surface area contributed by atoms with E-state index in [0.29, 0.717) is 28.0 Å². The molecule has 6 nitrogen and oxygen atoms in total. The Morgan fingerprint density at radius 2 is 1.64 bits per heavy atom. The summed E-state index contributed by atoms with van der Waals surface area (Å²) in [5.41, 5.74) is 9.07. The summed E-state index contributed by atoms with van der Waals surface area (Å²) < 4.78 is 27.4. The Labute approximate surface area is 146 Å². The molecule has 1 amide bonds. The minimum Gasteiger partial charge on any atom is -0.366 e. The second-order valence-electron chi connectivity index (χ2n) is 6.15. The number of nitrogens with two attached hydrogens (primary N) is 1. The number of carbonyl (C=O) groups excluding carboxylic acids is 1. The zero-order valence-electron chi connectivity index (χ0n) is 14.5. The highest BCUT2D eigenvalue weighted by Gasteiger charge is 2.25. The number of amides is 1. The largest absolute Gasteiger partial charge is 0.366 e. The van der Waals surface area contributed by atoms with E-state index in [1.807, 2.05) is 6.92 Å². The number of fused-ring (bicyclic) bond motifs is 1. The smallest absolute Gasteiger partial charge is 0.269 e. The van der Waals surface area contributed by atoms with Crippen LogP contribution in [-0.4, -0.2) is 23.3 Å². The van der Waals surface area contributed by atoms with E-state index in [1.165, 1.54) is 10.0 Å². The summed E-state index contributed by atoms with van der Waals surface area (Å²) in [6, 6.07) is 8.11. The Balaban J connectivity index is 2.38. The predicted octanol–water partition coefficient (Wildman–Crippen LogP) is 2.61. The van der Waals surface area contributed by atoms with E-state index in [2.05, 4.69) is 4.98 Å². The molecule has 0 aliphatic carbocycles. The van der Waals surface area contributed by atoms with E-state index in [0.717, 1.165) is 11.1 Å². The Morgan fingerprint density at radius 3 is 2.20 bits per heavy atom. The average molecular weight is 357 g/mol. The molecular formula is C18H19N3O3S. The van der Waals surface area contributed by atoms with Crippen LogP contribution in [0.2, 0.25) is 0 Å². The molecular weight excluding hydrogens is 338 g/mol. The predicted molar refractivity (Wildman–Crippen MR) is 96.2 cm³/mol. The van der Waals surface area contributed by atoms with E-state index >= 15 is 0 Å². The van der Waals surface area contributed by atoms with E-state index in [9.17, 15) is 13.2 Å². The first-order chi connectivity index (χ1) is 11.6. The molecule has 3 rings (SSSR count). The van der Waals surface area contributed by atoms with Crippen LogP contribution in [0.1, 0.15) is 32.9 Å². The summed E-state index contributed by atoms with van der Waals surface area (Å²) >= 11 is 0. The maximum absolute atomic E-state index is 13.1. The van der Waals surface area contributed by atoms with E-state index in [4.69, 9.17) is 5.73 Å². The Morgan fingerprint density at radius 1 is 1.04 bits per heavy atom. The molecule has 0 fully saturated rings. The summed E-state index contributed by atoms with van der Waals surface area (Å²) in [5.74, 6) is -0.264. The number of carbonyl (C=O) groups is 1. The van der Waals surface area contributed by atoms with Gasteiger partial charge in [0.1, 0.15) is 5.82 Å². The SMILES string of the molecule is Cc1ccc(S(=O)(=O)n2c(C)nc3c(C)c(C)c(C(N)=O)cc32)cc1. The molecule has 0 saturated heterocycles. The standard InChI is InChI=1S/C18H19N3O3S/c1-10-5-7-14(8-6-10)25(23,24)21-13(4)20-17-12(3)11(2)15(18(19)22)9-16(17)21/h5-9H,1-4H3,(H2,19,22). The zero-order valence-corrected chi connectivity index (χ0v) is 15.3. The second-order valence-corrected chi connectivity index (χ2v) is 7.93. The van der Waals surface area contributed by atoms with Crippen LogP contribution >= 0.6 is 0 Å². The third-order valence-corrected chi connectivity index (χ3v) is 6.27. The van der Waals surface area contributed by atoms with Gasteiger partial charge in [0.25, 0.3) is 10.0 Å². The van der Waals surface area contributed by atoms with Crippen LogP contribution in [0.4, 0.5) is 0 Å². The number of imidazole rings is 1. The number of aromatic nitrogens is 2. The average Bonchev–Trinajstić information content (AvgIpc) is 2.88. The highest BCUT2D eigenvalue weighted by molar-refractivity contribution is 7.90. The van der Waals surface area contributed by atoms with Crippen LogP contribution in [0.5, 0.6) is 0 Å². The van der Waals surface area contributed by atoms with Crippen LogP contribution in [0.25, 0.3) is 11.0 Å². The monoisotopic (exact) mass is 357 g/mol. The van der Waals surface area contributed by atoms with Crippen molar-refractivity contribution in [3.05, 3.63) is 58.4 Å². The maximum Gasteiger partial charge on any atom is 0.269 e. The van der Waals surface area contributed by atoms with Crippen molar-refractivity contribution in [2.45, 2.75) is 32.6 Å².